The quantitative estimate of drug-likeness (QED) is 0.851. The average Bonchev–Trinajstić information content (AvgIpc) is 2.56. The predicted molar refractivity (Wildman–Crippen MR) is 72.7 cm³/mol. The van der Waals surface area contributed by atoms with Crippen molar-refractivity contribution in [2.24, 2.45) is 0 Å². The molecule has 1 saturated heterocycles. The van der Waals surface area contributed by atoms with E-state index in [9.17, 15) is 0 Å². The van der Waals surface area contributed by atoms with E-state index in [1.54, 1.807) is 0 Å². The molecular formula is C12H22N4S. The van der Waals surface area contributed by atoms with Crippen LogP contribution in [0.25, 0.3) is 0 Å². The van der Waals surface area contributed by atoms with Crippen LogP contribution in [0.15, 0.2) is 0 Å². The molecule has 0 aromatic carbocycles. The molecular weight excluding hydrogens is 232 g/mol. The van der Waals surface area contributed by atoms with Crippen LogP contribution < -0.4 is 10.6 Å². The average molecular weight is 254 g/mol. The van der Waals surface area contributed by atoms with Crippen LogP contribution in [0.3, 0.4) is 0 Å². The second kappa shape index (κ2) is 5.31. The fourth-order valence-electron chi connectivity index (χ4n) is 1.90. The van der Waals surface area contributed by atoms with E-state index in [2.05, 4.69) is 40.8 Å². The Kier molecular flexibility index (Phi) is 3.99. The molecule has 0 saturated carbocycles. The van der Waals surface area contributed by atoms with Crippen LogP contribution >= 0.6 is 11.5 Å². The first-order chi connectivity index (χ1) is 8.05. The van der Waals surface area contributed by atoms with Crippen molar-refractivity contribution in [3.05, 3.63) is 5.82 Å². The summed E-state index contributed by atoms with van der Waals surface area (Å²) in [4.78, 5) is 4.57. The van der Waals surface area contributed by atoms with E-state index in [0.29, 0.717) is 6.04 Å². The lowest BCUT2D eigenvalue weighted by Gasteiger charge is -2.15. The summed E-state index contributed by atoms with van der Waals surface area (Å²) in [7, 11) is 0. The highest BCUT2D eigenvalue weighted by Gasteiger charge is 2.20. The maximum Gasteiger partial charge on any atom is 0.202 e. The molecule has 1 aromatic heterocycles. The zero-order valence-electron chi connectivity index (χ0n) is 10.9. The Hall–Kier alpha value is -0.680. The van der Waals surface area contributed by atoms with Gasteiger partial charge in [0, 0.05) is 29.5 Å². The van der Waals surface area contributed by atoms with Crippen molar-refractivity contribution in [1.29, 1.82) is 0 Å². The minimum absolute atomic E-state index is 0.0398. The summed E-state index contributed by atoms with van der Waals surface area (Å²) in [5.74, 6) is 0.937. The van der Waals surface area contributed by atoms with Crippen LogP contribution in [-0.4, -0.2) is 28.5 Å². The topological polar surface area (TPSA) is 49.8 Å². The Labute approximate surface area is 107 Å². The van der Waals surface area contributed by atoms with Crippen molar-refractivity contribution in [2.75, 3.05) is 18.4 Å². The van der Waals surface area contributed by atoms with Gasteiger partial charge in [-0.3, -0.25) is 0 Å². The molecule has 0 bridgehead atoms. The Morgan fingerprint density at radius 1 is 1.35 bits per heavy atom. The number of hydrogen-bond donors (Lipinski definition) is 2. The third-order valence-corrected chi connectivity index (χ3v) is 3.62. The first-order valence-electron chi connectivity index (χ1n) is 6.37. The summed E-state index contributed by atoms with van der Waals surface area (Å²) < 4.78 is 4.42. The lowest BCUT2D eigenvalue weighted by molar-refractivity contribution is 0.554. The lowest BCUT2D eigenvalue weighted by Crippen LogP contribution is -2.30. The number of nitrogens with zero attached hydrogens (tertiary/aromatic N) is 2. The Balaban J connectivity index is 1.96. The summed E-state index contributed by atoms with van der Waals surface area (Å²) in [5.41, 5.74) is 0.0398. The van der Waals surface area contributed by atoms with Crippen molar-refractivity contribution in [3.63, 3.8) is 0 Å². The van der Waals surface area contributed by atoms with Crippen molar-refractivity contribution < 1.29 is 0 Å². The number of anilines is 1. The number of aromatic nitrogens is 2. The Morgan fingerprint density at radius 3 is 2.88 bits per heavy atom. The molecule has 17 heavy (non-hydrogen) atoms. The standard InChI is InChI=1S/C12H22N4S/c1-12(2,3)10-15-11(17-16-10)14-9-6-4-5-7-13-8-9/h9,13H,4-8H2,1-3H3,(H,14,15,16). The van der Waals surface area contributed by atoms with Gasteiger partial charge in [-0.15, -0.1) is 0 Å². The van der Waals surface area contributed by atoms with Crippen LogP contribution in [0, 0.1) is 0 Å². The zero-order valence-corrected chi connectivity index (χ0v) is 11.7. The highest BCUT2D eigenvalue weighted by molar-refractivity contribution is 7.09. The summed E-state index contributed by atoms with van der Waals surface area (Å²) in [6.45, 7) is 8.61. The Bertz CT molecular complexity index is 348. The fourth-order valence-corrected chi connectivity index (χ4v) is 2.74. The number of nitrogens with one attached hydrogen (secondary N) is 2. The predicted octanol–water partition coefficient (Wildman–Crippen LogP) is 2.39. The molecule has 1 aliphatic rings. The van der Waals surface area contributed by atoms with Gasteiger partial charge in [-0.25, -0.2) is 4.98 Å². The van der Waals surface area contributed by atoms with Gasteiger partial charge in [0.05, 0.1) is 0 Å². The molecule has 1 atom stereocenters. The maximum absolute atomic E-state index is 4.57. The lowest BCUT2D eigenvalue weighted by atomic mass is 9.96. The summed E-state index contributed by atoms with van der Waals surface area (Å²) in [5, 5.41) is 7.91. The molecule has 0 aliphatic carbocycles. The molecule has 0 spiro atoms. The minimum atomic E-state index is 0.0398. The van der Waals surface area contributed by atoms with E-state index in [1.807, 2.05) is 0 Å². The largest absolute Gasteiger partial charge is 0.356 e. The fraction of sp³-hybridized carbons (Fsp3) is 0.833. The number of hydrogen-bond acceptors (Lipinski definition) is 5. The van der Waals surface area contributed by atoms with Crippen LogP contribution in [0.2, 0.25) is 0 Å². The van der Waals surface area contributed by atoms with Crippen LogP contribution in [0.4, 0.5) is 5.13 Å². The van der Waals surface area contributed by atoms with E-state index < -0.39 is 0 Å². The molecule has 2 heterocycles. The van der Waals surface area contributed by atoms with Gasteiger partial charge in [0.25, 0.3) is 0 Å². The van der Waals surface area contributed by atoms with E-state index in [-0.39, 0.29) is 5.41 Å². The van der Waals surface area contributed by atoms with E-state index in [4.69, 9.17) is 0 Å². The molecule has 0 radical (unpaired) electrons. The van der Waals surface area contributed by atoms with Gasteiger partial charge in [0.2, 0.25) is 5.13 Å². The Morgan fingerprint density at radius 2 is 2.18 bits per heavy atom. The smallest absolute Gasteiger partial charge is 0.202 e. The van der Waals surface area contributed by atoms with Crippen LogP contribution in [0.5, 0.6) is 0 Å². The van der Waals surface area contributed by atoms with E-state index in [1.165, 1.54) is 30.8 Å². The normalized spacial score (nSPS) is 22.2. The van der Waals surface area contributed by atoms with Gasteiger partial charge >= 0.3 is 0 Å². The summed E-state index contributed by atoms with van der Waals surface area (Å²) >= 11 is 1.48. The first kappa shape index (κ1) is 12.8. The second-order valence-electron chi connectivity index (χ2n) is 5.71. The summed E-state index contributed by atoms with van der Waals surface area (Å²) in [6, 6.07) is 0.498. The molecule has 0 amide bonds. The van der Waals surface area contributed by atoms with Gasteiger partial charge in [-0.05, 0) is 19.4 Å². The highest BCUT2D eigenvalue weighted by atomic mass is 32.1. The van der Waals surface area contributed by atoms with Gasteiger partial charge < -0.3 is 10.6 Å². The molecule has 4 nitrogen and oxygen atoms in total. The highest BCUT2D eigenvalue weighted by Crippen LogP contribution is 2.23. The van der Waals surface area contributed by atoms with Gasteiger partial charge in [0.15, 0.2) is 0 Å². The third kappa shape index (κ3) is 3.64. The molecule has 2 rings (SSSR count). The molecule has 1 aliphatic heterocycles. The molecule has 5 heteroatoms. The third-order valence-electron chi connectivity index (χ3n) is 2.97. The van der Waals surface area contributed by atoms with Crippen LogP contribution in [0.1, 0.15) is 45.9 Å². The molecule has 1 unspecified atom stereocenters. The van der Waals surface area contributed by atoms with E-state index >= 15 is 0 Å². The van der Waals surface area contributed by atoms with Gasteiger partial charge in [0.1, 0.15) is 5.82 Å². The van der Waals surface area contributed by atoms with E-state index in [0.717, 1.165) is 24.0 Å². The van der Waals surface area contributed by atoms with Crippen molar-refractivity contribution in [2.45, 2.75) is 51.5 Å². The van der Waals surface area contributed by atoms with Crippen molar-refractivity contribution >= 4 is 16.7 Å². The van der Waals surface area contributed by atoms with Gasteiger partial charge in [-0.1, -0.05) is 27.2 Å². The maximum atomic E-state index is 4.57. The number of rotatable bonds is 2. The molecule has 1 fully saturated rings. The molecule has 1 aromatic rings. The molecule has 96 valence electrons. The monoisotopic (exact) mass is 254 g/mol. The second-order valence-corrected chi connectivity index (χ2v) is 6.47. The minimum Gasteiger partial charge on any atom is -0.356 e. The summed E-state index contributed by atoms with van der Waals surface area (Å²) in [6.07, 6.45) is 3.79. The molecule has 2 N–H and O–H groups in total. The van der Waals surface area contributed by atoms with Crippen molar-refractivity contribution in [3.8, 4) is 0 Å². The van der Waals surface area contributed by atoms with Gasteiger partial charge in [-0.2, -0.15) is 4.37 Å². The van der Waals surface area contributed by atoms with Crippen molar-refractivity contribution in [1.82, 2.24) is 14.7 Å². The van der Waals surface area contributed by atoms with Crippen LogP contribution in [-0.2, 0) is 5.41 Å². The SMILES string of the molecule is CC(C)(C)c1nsc(NC2CCCCNC2)n1. The first-order valence-corrected chi connectivity index (χ1v) is 7.14. The zero-order chi connectivity index (χ0) is 12.3.